The maximum Gasteiger partial charge on any atom is 0.233 e. The summed E-state index contributed by atoms with van der Waals surface area (Å²) in [6.07, 6.45) is 7.62. The lowest BCUT2D eigenvalue weighted by molar-refractivity contribution is -0.147. The molecule has 98 valence electrons. The highest BCUT2D eigenvalue weighted by molar-refractivity contribution is 6.06. The van der Waals surface area contributed by atoms with E-state index in [9.17, 15) is 9.59 Å². The van der Waals surface area contributed by atoms with Gasteiger partial charge in [0.1, 0.15) is 0 Å². The van der Waals surface area contributed by atoms with Gasteiger partial charge >= 0.3 is 0 Å². The van der Waals surface area contributed by atoms with Crippen molar-refractivity contribution in [2.24, 2.45) is 23.5 Å². The minimum absolute atomic E-state index is 0.00852. The zero-order chi connectivity index (χ0) is 12.9. The molecule has 0 aromatic rings. The van der Waals surface area contributed by atoms with Crippen molar-refractivity contribution in [3.8, 4) is 0 Å². The van der Waals surface area contributed by atoms with Crippen molar-refractivity contribution in [2.75, 3.05) is 6.54 Å². The summed E-state index contributed by atoms with van der Waals surface area (Å²) in [7, 11) is 0. The molecule has 2 fully saturated rings. The average molecular weight is 248 g/mol. The third kappa shape index (κ3) is 1.48. The van der Waals surface area contributed by atoms with Gasteiger partial charge in [0.2, 0.25) is 11.8 Å². The lowest BCUT2D eigenvalue weighted by atomic mass is 9.85. The number of rotatable bonds is 3. The first kappa shape index (κ1) is 11.9. The molecule has 3 unspecified atom stereocenters. The van der Waals surface area contributed by atoms with E-state index in [0.29, 0.717) is 25.3 Å². The summed E-state index contributed by atoms with van der Waals surface area (Å²) in [5.41, 5.74) is 5.43. The monoisotopic (exact) mass is 248 g/mol. The molecule has 1 heterocycles. The third-order valence-corrected chi connectivity index (χ3v) is 4.89. The van der Waals surface area contributed by atoms with E-state index in [4.69, 9.17) is 5.73 Å². The second kappa shape index (κ2) is 3.92. The molecular weight excluding hydrogens is 228 g/mol. The Balaban J connectivity index is 1.93. The number of fused-ring (bicyclic) bond motifs is 1. The molecule has 4 heteroatoms. The lowest BCUT2D eigenvalue weighted by Gasteiger charge is -2.37. The van der Waals surface area contributed by atoms with Crippen LogP contribution in [0.5, 0.6) is 0 Å². The van der Waals surface area contributed by atoms with E-state index < -0.39 is 5.54 Å². The number of amides is 2. The summed E-state index contributed by atoms with van der Waals surface area (Å²) < 4.78 is 0. The summed E-state index contributed by atoms with van der Waals surface area (Å²) in [5.74, 6) is 0.158. The molecule has 3 atom stereocenters. The number of hydrogen-bond donors (Lipinski definition) is 1. The van der Waals surface area contributed by atoms with Crippen molar-refractivity contribution < 1.29 is 9.59 Å². The van der Waals surface area contributed by atoms with Gasteiger partial charge in [0.15, 0.2) is 0 Å². The van der Waals surface area contributed by atoms with Crippen molar-refractivity contribution in [1.82, 2.24) is 4.90 Å². The second-order valence-electron chi connectivity index (χ2n) is 6.00. The maximum absolute atomic E-state index is 12.5. The Morgan fingerprint density at radius 2 is 1.72 bits per heavy atom. The fraction of sp³-hybridized carbons (Fsp3) is 0.714. The Labute approximate surface area is 107 Å². The molecule has 2 N–H and O–H groups in total. The van der Waals surface area contributed by atoms with Crippen LogP contribution in [0.2, 0.25) is 0 Å². The smallest absolute Gasteiger partial charge is 0.233 e. The van der Waals surface area contributed by atoms with Gasteiger partial charge in [-0.25, -0.2) is 0 Å². The van der Waals surface area contributed by atoms with Gasteiger partial charge < -0.3 is 5.73 Å². The molecule has 18 heavy (non-hydrogen) atoms. The highest BCUT2D eigenvalue weighted by atomic mass is 16.2. The number of carbonyl (C=O) groups is 2. The summed E-state index contributed by atoms with van der Waals surface area (Å²) in [6.45, 7) is 2.35. The van der Waals surface area contributed by atoms with E-state index in [1.807, 2.05) is 19.1 Å². The molecule has 2 amide bonds. The van der Waals surface area contributed by atoms with E-state index >= 15 is 0 Å². The molecule has 2 aliphatic carbocycles. The van der Waals surface area contributed by atoms with Gasteiger partial charge in [-0.3, -0.25) is 14.5 Å². The number of carbonyl (C=O) groups excluding carboxylic acids is 2. The van der Waals surface area contributed by atoms with Crippen LogP contribution in [0, 0.1) is 17.8 Å². The molecule has 3 aliphatic rings. The normalized spacial score (nSPS) is 34.7. The highest BCUT2D eigenvalue weighted by Gasteiger charge is 2.57. The number of imide groups is 1. The summed E-state index contributed by atoms with van der Waals surface area (Å²) in [4.78, 5) is 26.5. The van der Waals surface area contributed by atoms with Crippen LogP contribution in [0.15, 0.2) is 12.2 Å². The highest BCUT2D eigenvalue weighted by Crippen LogP contribution is 2.47. The Kier molecular flexibility index (Phi) is 2.59. The molecule has 0 aromatic carbocycles. The molecule has 0 aromatic heterocycles. The zero-order valence-corrected chi connectivity index (χ0v) is 10.8. The first-order chi connectivity index (χ1) is 8.59. The van der Waals surface area contributed by atoms with E-state index in [-0.39, 0.29) is 23.7 Å². The molecule has 4 nitrogen and oxygen atoms in total. The minimum atomic E-state index is -0.453. The van der Waals surface area contributed by atoms with Gasteiger partial charge in [-0.15, -0.1) is 0 Å². The van der Waals surface area contributed by atoms with Gasteiger partial charge in [0.25, 0.3) is 0 Å². The van der Waals surface area contributed by atoms with Crippen LogP contribution in [0.1, 0.15) is 32.6 Å². The topological polar surface area (TPSA) is 63.4 Å². The van der Waals surface area contributed by atoms with Gasteiger partial charge in [-0.2, -0.15) is 0 Å². The summed E-state index contributed by atoms with van der Waals surface area (Å²) in [6, 6.07) is 0. The maximum atomic E-state index is 12.5. The molecule has 0 radical (unpaired) electrons. The zero-order valence-electron chi connectivity index (χ0n) is 10.8. The summed E-state index contributed by atoms with van der Waals surface area (Å²) in [5, 5.41) is 0. The first-order valence-electron chi connectivity index (χ1n) is 6.82. The Morgan fingerprint density at radius 3 is 2.11 bits per heavy atom. The summed E-state index contributed by atoms with van der Waals surface area (Å²) >= 11 is 0. The van der Waals surface area contributed by atoms with E-state index in [1.165, 1.54) is 4.90 Å². The fourth-order valence-corrected chi connectivity index (χ4v) is 3.45. The molecule has 1 saturated heterocycles. The van der Waals surface area contributed by atoms with Crippen LogP contribution in [0.3, 0.4) is 0 Å². The van der Waals surface area contributed by atoms with E-state index in [2.05, 4.69) is 0 Å². The van der Waals surface area contributed by atoms with Crippen molar-refractivity contribution in [3.63, 3.8) is 0 Å². The molecule has 1 saturated carbocycles. The molecule has 3 rings (SSSR count). The van der Waals surface area contributed by atoms with Crippen LogP contribution in [-0.4, -0.2) is 28.8 Å². The van der Waals surface area contributed by atoms with Crippen LogP contribution >= 0.6 is 0 Å². The van der Waals surface area contributed by atoms with Crippen molar-refractivity contribution >= 4 is 11.8 Å². The van der Waals surface area contributed by atoms with Crippen LogP contribution in [0.25, 0.3) is 0 Å². The predicted molar refractivity (Wildman–Crippen MR) is 67.4 cm³/mol. The molecule has 1 aliphatic heterocycles. The van der Waals surface area contributed by atoms with Gasteiger partial charge in [-0.05, 0) is 38.5 Å². The van der Waals surface area contributed by atoms with Gasteiger partial charge in [0.05, 0.1) is 17.4 Å². The molecule has 0 spiro atoms. The van der Waals surface area contributed by atoms with Crippen LogP contribution in [0.4, 0.5) is 0 Å². The quantitative estimate of drug-likeness (QED) is 0.600. The lowest BCUT2D eigenvalue weighted by Crippen LogP contribution is -2.56. The van der Waals surface area contributed by atoms with Crippen molar-refractivity contribution in [2.45, 2.75) is 38.1 Å². The van der Waals surface area contributed by atoms with Crippen LogP contribution in [-0.2, 0) is 9.59 Å². The largest absolute Gasteiger partial charge is 0.328 e. The SMILES string of the molecule is CC(CN)(C1CC1)N1C(=O)C2CC=CCC2C1=O. The minimum Gasteiger partial charge on any atom is -0.328 e. The average Bonchev–Trinajstić information content (AvgIpc) is 3.19. The standard InChI is InChI=1S/C14H20N2O2/c1-14(8-15,9-6-7-9)16-12(17)10-4-2-3-5-11(10)13(16)18/h2-3,9-11H,4-8,15H2,1H3. The number of allylic oxidation sites excluding steroid dienone is 2. The number of likely N-dealkylation sites (tertiary alicyclic amines) is 1. The van der Waals surface area contributed by atoms with Crippen molar-refractivity contribution in [3.05, 3.63) is 12.2 Å². The third-order valence-electron chi connectivity index (χ3n) is 4.89. The van der Waals surface area contributed by atoms with E-state index in [1.54, 1.807) is 0 Å². The number of hydrogen-bond acceptors (Lipinski definition) is 3. The fourth-order valence-electron chi connectivity index (χ4n) is 3.45. The van der Waals surface area contributed by atoms with Crippen LogP contribution < -0.4 is 5.73 Å². The predicted octanol–water partition coefficient (Wildman–Crippen LogP) is 1.07. The first-order valence-corrected chi connectivity index (χ1v) is 6.82. The van der Waals surface area contributed by atoms with E-state index in [0.717, 1.165) is 12.8 Å². The number of nitrogens with two attached hydrogens (primary N) is 1. The Bertz CT molecular complexity index is 402. The Morgan fingerprint density at radius 1 is 1.22 bits per heavy atom. The second-order valence-corrected chi connectivity index (χ2v) is 6.00. The van der Waals surface area contributed by atoms with Gasteiger partial charge in [0, 0.05) is 6.54 Å². The molecule has 0 bridgehead atoms. The Hall–Kier alpha value is -1.16. The van der Waals surface area contributed by atoms with Gasteiger partial charge in [-0.1, -0.05) is 12.2 Å². The molecular formula is C14H20N2O2. The number of nitrogens with zero attached hydrogens (tertiary/aromatic N) is 1. The van der Waals surface area contributed by atoms with Crippen molar-refractivity contribution in [1.29, 1.82) is 0 Å².